The maximum Gasteiger partial charge on any atom is 0.153 e. The summed E-state index contributed by atoms with van der Waals surface area (Å²) < 4.78 is 13.9. The van der Waals surface area contributed by atoms with Crippen LogP contribution in [0.25, 0.3) is 10.9 Å². The third-order valence-corrected chi connectivity index (χ3v) is 3.46. The summed E-state index contributed by atoms with van der Waals surface area (Å²) in [6.07, 6.45) is 0. The van der Waals surface area contributed by atoms with Gasteiger partial charge in [0.25, 0.3) is 0 Å². The fourth-order valence-electron chi connectivity index (χ4n) is 2.11. The van der Waals surface area contributed by atoms with Crippen LogP contribution in [-0.4, -0.2) is 10.2 Å². The Hall–Kier alpha value is -2.07. The quantitative estimate of drug-likeness (QED) is 0.756. The molecule has 0 saturated carbocycles. The van der Waals surface area contributed by atoms with Gasteiger partial charge in [0.2, 0.25) is 0 Å². The van der Waals surface area contributed by atoms with Gasteiger partial charge in [0, 0.05) is 28.3 Å². The number of halogens is 2. The van der Waals surface area contributed by atoms with Crippen LogP contribution >= 0.6 is 11.6 Å². The van der Waals surface area contributed by atoms with Crippen molar-refractivity contribution in [2.24, 2.45) is 0 Å². The number of hydrogen-bond donors (Lipinski definition) is 2. The van der Waals surface area contributed by atoms with Crippen LogP contribution in [0.3, 0.4) is 0 Å². The van der Waals surface area contributed by atoms with E-state index in [0.29, 0.717) is 17.1 Å². The number of fused-ring (bicyclic) bond motifs is 1. The molecule has 3 nitrogen and oxygen atoms in total. The fraction of sp³-hybridized carbons (Fsp3) is 0.133. The molecule has 0 spiro atoms. The standard InChI is InChI=1S/C15H13ClFN3/c1-9-13-6-12(7-14(17)15(13)20-19-9)18-8-10-2-4-11(16)5-3-10/h2-7,18H,8H2,1H3,(H,19,20). The first-order valence-electron chi connectivity index (χ1n) is 6.26. The Labute approximate surface area is 120 Å². The molecule has 2 aromatic carbocycles. The van der Waals surface area contributed by atoms with Gasteiger partial charge in [-0.05, 0) is 36.8 Å². The minimum absolute atomic E-state index is 0.328. The van der Waals surface area contributed by atoms with Crippen LogP contribution in [0.1, 0.15) is 11.3 Å². The first kappa shape index (κ1) is 12.9. The number of aromatic nitrogens is 2. The number of hydrogen-bond acceptors (Lipinski definition) is 2. The van der Waals surface area contributed by atoms with E-state index in [4.69, 9.17) is 11.6 Å². The van der Waals surface area contributed by atoms with Gasteiger partial charge in [-0.25, -0.2) is 4.39 Å². The highest BCUT2D eigenvalue weighted by Crippen LogP contribution is 2.24. The summed E-state index contributed by atoms with van der Waals surface area (Å²) in [5.74, 6) is -0.328. The molecule has 1 heterocycles. The van der Waals surface area contributed by atoms with Crippen LogP contribution in [-0.2, 0) is 6.54 Å². The third-order valence-electron chi connectivity index (χ3n) is 3.21. The molecular weight excluding hydrogens is 277 g/mol. The highest BCUT2D eigenvalue weighted by Gasteiger charge is 2.09. The average molecular weight is 290 g/mol. The molecule has 0 saturated heterocycles. The second kappa shape index (κ2) is 5.13. The van der Waals surface area contributed by atoms with E-state index in [-0.39, 0.29) is 5.82 Å². The van der Waals surface area contributed by atoms with Crippen LogP contribution in [0.5, 0.6) is 0 Å². The van der Waals surface area contributed by atoms with Crippen LogP contribution in [0.4, 0.5) is 10.1 Å². The van der Waals surface area contributed by atoms with Crippen molar-refractivity contribution in [3.63, 3.8) is 0 Å². The lowest BCUT2D eigenvalue weighted by Crippen LogP contribution is -1.99. The van der Waals surface area contributed by atoms with Gasteiger partial charge in [0.1, 0.15) is 5.52 Å². The number of aromatic amines is 1. The second-order valence-corrected chi connectivity index (χ2v) is 5.12. The van der Waals surface area contributed by atoms with E-state index in [0.717, 1.165) is 22.3 Å². The van der Waals surface area contributed by atoms with Crippen molar-refractivity contribution in [1.29, 1.82) is 0 Å². The summed E-state index contributed by atoms with van der Waals surface area (Å²) in [5.41, 5.74) is 3.04. The zero-order valence-electron chi connectivity index (χ0n) is 10.9. The maximum absolute atomic E-state index is 13.9. The highest BCUT2D eigenvalue weighted by atomic mass is 35.5. The van der Waals surface area contributed by atoms with Crippen molar-refractivity contribution in [2.75, 3.05) is 5.32 Å². The van der Waals surface area contributed by atoms with Gasteiger partial charge < -0.3 is 5.32 Å². The maximum atomic E-state index is 13.9. The Morgan fingerprint density at radius 2 is 2.00 bits per heavy atom. The van der Waals surface area contributed by atoms with Crippen molar-refractivity contribution in [3.8, 4) is 0 Å². The summed E-state index contributed by atoms with van der Waals surface area (Å²) in [4.78, 5) is 0. The van der Waals surface area contributed by atoms with E-state index in [1.54, 1.807) is 0 Å². The van der Waals surface area contributed by atoms with Crippen molar-refractivity contribution in [1.82, 2.24) is 10.2 Å². The van der Waals surface area contributed by atoms with Crippen molar-refractivity contribution in [2.45, 2.75) is 13.5 Å². The fourth-order valence-corrected chi connectivity index (χ4v) is 2.23. The largest absolute Gasteiger partial charge is 0.381 e. The topological polar surface area (TPSA) is 40.7 Å². The normalized spacial score (nSPS) is 10.9. The van der Waals surface area contributed by atoms with Gasteiger partial charge >= 0.3 is 0 Å². The highest BCUT2D eigenvalue weighted by molar-refractivity contribution is 6.30. The molecule has 20 heavy (non-hydrogen) atoms. The molecule has 3 rings (SSSR count). The molecule has 0 aliphatic rings. The van der Waals surface area contributed by atoms with E-state index in [9.17, 15) is 4.39 Å². The van der Waals surface area contributed by atoms with E-state index in [1.807, 2.05) is 37.3 Å². The molecular formula is C15H13ClFN3. The summed E-state index contributed by atoms with van der Waals surface area (Å²) in [7, 11) is 0. The molecule has 0 unspecified atom stereocenters. The van der Waals surface area contributed by atoms with Gasteiger partial charge in [-0.3, -0.25) is 5.10 Å². The smallest absolute Gasteiger partial charge is 0.153 e. The SMILES string of the molecule is Cc1[nH]nc2c(F)cc(NCc3ccc(Cl)cc3)cc12. The molecule has 0 atom stereocenters. The van der Waals surface area contributed by atoms with Crippen molar-refractivity contribution < 1.29 is 4.39 Å². The number of H-pyrrole nitrogens is 1. The van der Waals surface area contributed by atoms with E-state index < -0.39 is 0 Å². The summed E-state index contributed by atoms with van der Waals surface area (Å²) in [5, 5.41) is 11.4. The Morgan fingerprint density at radius 3 is 2.75 bits per heavy atom. The average Bonchev–Trinajstić information content (AvgIpc) is 2.81. The lowest BCUT2D eigenvalue weighted by atomic mass is 10.1. The van der Waals surface area contributed by atoms with Crippen molar-refractivity contribution in [3.05, 3.63) is 58.5 Å². The number of rotatable bonds is 3. The summed E-state index contributed by atoms with van der Waals surface area (Å²) >= 11 is 5.84. The Balaban J connectivity index is 1.83. The predicted molar refractivity (Wildman–Crippen MR) is 79.6 cm³/mol. The van der Waals surface area contributed by atoms with Gasteiger partial charge in [0.15, 0.2) is 5.82 Å². The lowest BCUT2D eigenvalue weighted by Gasteiger charge is -2.07. The predicted octanol–water partition coefficient (Wildman–Crippen LogP) is 4.28. The molecule has 102 valence electrons. The molecule has 0 bridgehead atoms. The second-order valence-electron chi connectivity index (χ2n) is 4.68. The minimum Gasteiger partial charge on any atom is -0.381 e. The molecule has 0 fully saturated rings. The number of anilines is 1. The first-order chi connectivity index (χ1) is 9.63. The van der Waals surface area contributed by atoms with E-state index >= 15 is 0 Å². The zero-order valence-corrected chi connectivity index (χ0v) is 11.6. The molecule has 5 heteroatoms. The Kier molecular flexibility index (Phi) is 3.32. The van der Waals surface area contributed by atoms with Crippen LogP contribution in [0.15, 0.2) is 36.4 Å². The number of nitrogens with zero attached hydrogens (tertiary/aromatic N) is 1. The molecule has 2 N–H and O–H groups in total. The lowest BCUT2D eigenvalue weighted by molar-refractivity contribution is 0.636. The number of benzene rings is 2. The molecule has 3 aromatic rings. The van der Waals surface area contributed by atoms with Crippen LogP contribution < -0.4 is 5.32 Å². The molecule has 0 aliphatic carbocycles. The van der Waals surface area contributed by atoms with E-state index in [1.165, 1.54) is 6.07 Å². The summed E-state index contributed by atoms with van der Waals surface area (Å²) in [6.45, 7) is 2.48. The molecule has 0 aliphatic heterocycles. The Bertz CT molecular complexity index is 750. The molecule has 0 radical (unpaired) electrons. The van der Waals surface area contributed by atoms with Crippen molar-refractivity contribution >= 4 is 28.2 Å². The van der Waals surface area contributed by atoms with E-state index in [2.05, 4.69) is 15.5 Å². The van der Waals surface area contributed by atoms with Gasteiger partial charge in [-0.15, -0.1) is 0 Å². The van der Waals surface area contributed by atoms with Gasteiger partial charge in [0.05, 0.1) is 0 Å². The van der Waals surface area contributed by atoms with Crippen LogP contribution in [0, 0.1) is 12.7 Å². The number of aryl methyl sites for hydroxylation is 1. The van der Waals surface area contributed by atoms with Crippen LogP contribution in [0.2, 0.25) is 5.02 Å². The third kappa shape index (κ3) is 2.47. The minimum atomic E-state index is -0.328. The molecule has 0 amide bonds. The monoisotopic (exact) mass is 289 g/mol. The number of nitrogens with one attached hydrogen (secondary N) is 2. The van der Waals surface area contributed by atoms with Gasteiger partial charge in [-0.1, -0.05) is 23.7 Å². The van der Waals surface area contributed by atoms with Gasteiger partial charge in [-0.2, -0.15) is 5.10 Å². The molecule has 1 aromatic heterocycles. The zero-order chi connectivity index (χ0) is 14.1. The Morgan fingerprint density at radius 1 is 1.25 bits per heavy atom. The summed E-state index contributed by atoms with van der Waals surface area (Å²) in [6, 6.07) is 10.9. The first-order valence-corrected chi connectivity index (χ1v) is 6.64.